The van der Waals surface area contributed by atoms with E-state index >= 15 is 0 Å². The number of hydrogen-bond acceptors (Lipinski definition) is 8. The minimum atomic E-state index is -0.0633. The second-order valence-corrected chi connectivity index (χ2v) is 23.5. The molecule has 6 heterocycles. The van der Waals surface area contributed by atoms with Crippen LogP contribution in [0.25, 0.3) is 31.9 Å². The summed E-state index contributed by atoms with van der Waals surface area (Å²) in [6, 6.07) is 12.1. The maximum atomic E-state index is 5.52. The summed E-state index contributed by atoms with van der Waals surface area (Å²) >= 11 is 0. The molecular weight excluding hydrogens is 1080 g/mol. The maximum Gasteiger partial charge on any atom is 1.00 e. The molecule has 10 rings (SSSR count). The number of hydrogen-bond donors (Lipinski definition) is 0. The molecule has 3 aliphatic carbocycles. The summed E-state index contributed by atoms with van der Waals surface area (Å²) < 4.78 is 21.8. The van der Waals surface area contributed by atoms with Crippen molar-refractivity contribution in [2.75, 3.05) is 28.4 Å². The van der Waals surface area contributed by atoms with Crippen molar-refractivity contribution >= 4 is 30.5 Å². The van der Waals surface area contributed by atoms with Gasteiger partial charge in [-0.05, 0) is 126 Å². The molecule has 0 radical (unpaired) electrons. The number of rotatable bonds is 16. The molecule has 16 heteroatoms. The molecule has 6 aliphatic heterocycles. The number of nitrogens with zero attached hydrogens (tertiary/aromatic N) is 10. The topological polar surface area (TPSA) is 171 Å². The van der Waals surface area contributed by atoms with Gasteiger partial charge >= 0.3 is 34.1 Å². The van der Waals surface area contributed by atoms with Crippen molar-refractivity contribution in [3.05, 3.63) is 80.1 Å². The van der Waals surface area contributed by atoms with Crippen LogP contribution in [0.4, 0.5) is 5.69 Å². The Morgan fingerprint density at radius 1 is 0.423 bits per heavy atom. The van der Waals surface area contributed by atoms with E-state index in [4.69, 9.17) is 65.8 Å². The largest absolute Gasteiger partial charge is 1.00 e. The summed E-state index contributed by atoms with van der Waals surface area (Å²) in [4.78, 5) is 19.5. The van der Waals surface area contributed by atoms with Crippen molar-refractivity contribution in [3.63, 3.8) is 0 Å². The van der Waals surface area contributed by atoms with Gasteiger partial charge in [0.2, 0.25) is 0 Å². The Labute approximate surface area is 491 Å². The van der Waals surface area contributed by atoms with Gasteiger partial charge in [0.1, 0.15) is 5.75 Å². The maximum absolute atomic E-state index is 5.52. The Morgan fingerprint density at radius 3 is 1.22 bits per heavy atom. The fourth-order valence-corrected chi connectivity index (χ4v) is 13.5. The van der Waals surface area contributed by atoms with Crippen molar-refractivity contribution in [2.45, 2.75) is 276 Å². The molecule has 1 aromatic carbocycles. The summed E-state index contributed by atoms with van der Waals surface area (Å²) in [5, 5.41) is 31.5. The van der Waals surface area contributed by atoms with Crippen LogP contribution >= 0.6 is 0 Å². The Kier molecular flexibility index (Phi) is 27.4. The summed E-state index contributed by atoms with van der Waals surface area (Å²) in [5.41, 5.74) is 1.97. The Balaban J connectivity index is 0.000000220. The molecule has 0 aromatic heterocycles. The van der Waals surface area contributed by atoms with E-state index in [1.54, 1.807) is 7.11 Å². The SMILES string of the molecule is COC1CCC(N=CC2CCCC(C3CCCC(C4CCCC(C=NC5CCC(OC)CC5)[N-]4)[N-]3)[N-]2)CC1.COc1ccc(N=CC2C=CC=C(C3CCCC(C4CCCC(C=NC5CCC(OC)CC5)[N-]4)[N-]3)[N-]2)cc1.[Cu+].[Cu+]. The van der Waals surface area contributed by atoms with Crippen LogP contribution in [0.15, 0.2) is 68.2 Å². The van der Waals surface area contributed by atoms with Crippen molar-refractivity contribution in [1.29, 1.82) is 0 Å². The van der Waals surface area contributed by atoms with Crippen molar-refractivity contribution in [2.24, 2.45) is 20.0 Å². The van der Waals surface area contributed by atoms with Gasteiger partial charge in [0.05, 0.1) is 31.1 Å². The van der Waals surface area contributed by atoms with E-state index < -0.39 is 0 Å². The number of benzene rings is 1. The zero-order chi connectivity index (χ0) is 52.3. The fourth-order valence-electron chi connectivity index (χ4n) is 13.5. The molecule has 78 heavy (non-hydrogen) atoms. The van der Waals surface area contributed by atoms with Crippen molar-refractivity contribution in [1.82, 2.24) is 0 Å². The van der Waals surface area contributed by atoms with Gasteiger partial charge < -0.3 is 50.8 Å². The fraction of sp³-hybridized carbons (Fsp3) is 0.774. The minimum absolute atomic E-state index is 0. The van der Waals surface area contributed by atoms with E-state index in [1.165, 1.54) is 57.8 Å². The number of ether oxygens (including phenoxy) is 4. The first-order chi connectivity index (χ1) is 37.4. The zero-order valence-corrected chi connectivity index (χ0v) is 49.3. The summed E-state index contributed by atoms with van der Waals surface area (Å²) in [6.45, 7) is 0. The summed E-state index contributed by atoms with van der Waals surface area (Å²) in [6.07, 6.45) is 47.3. The van der Waals surface area contributed by atoms with Crippen LogP contribution in [0.2, 0.25) is 0 Å². The van der Waals surface area contributed by atoms with E-state index in [0.717, 1.165) is 133 Å². The molecule has 3 saturated carbocycles. The Bertz CT molecular complexity index is 1980. The first kappa shape index (κ1) is 63.3. The summed E-state index contributed by atoms with van der Waals surface area (Å²) in [5.74, 6) is 0.832. The van der Waals surface area contributed by atoms with E-state index in [2.05, 4.69) is 41.9 Å². The van der Waals surface area contributed by atoms with Crippen molar-refractivity contribution in [3.8, 4) is 5.75 Å². The van der Waals surface area contributed by atoms with Gasteiger partial charge in [-0.25, -0.2) is 0 Å². The number of allylic oxidation sites excluding steroid dienone is 2. The van der Waals surface area contributed by atoms with Crippen LogP contribution in [0.3, 0.4) is 0 Å². The van der Waals surface area contributed by atoms with Gasteiger partial charge in [-0.15, -0.1) is 6.04 Å². The van der Waals surface area contributed by atoms with Crippen LogP contribution in [-0.2, 0) is 48.3 Å². The third kappa shape index (κ3) is 19.4. The zero-order valence-electron chi connectivity index (χ0n) is 47.5. The van der Waals surface area contributed by atoms with Crippen molar-refractivity contribution < 1.29 is 53.1 Å². The van der Waals surface area contributed by atoms with E-state index in [9.17, 15) is 0 Å². The smallest absolute Gasteiger partial charge is 0.679 e. The van der Waals surface area contributed by atoms with Crippen LogP contribution in [0, 0.1) is 0 Å². The van der Waals surface area contributed by atoms with E-state index in [1.807, 2.05) is 51.8 Å². The molecule has 0 N–H and O–H groups in total. The third-order valence-electron chi connectivity index (χ3n) is 18.2. The molecule has 8 fully saturated rings. The molecule has 442 valence electrons. The van der Waals surface area contributed by atoms with Crippen LogP contribution in [0.1, 0.15) is 173 Å². The Morgan fingerprint density at radius 2 is 0.808 bits per heavy atom. The van der Waals surface area contributed by atoms with Gasteiger partial charge in [0, 0.05) is 39.5 Å². The second kappa shape index (κ2) is 33.7. The molecule has 11 atom stereocenters. The van der Waals surface area contributed by atoms with Crippen LogP contribution in [0.5, 0.6) is 5.75 Å². The average molecular weight is 1170 g/mol. The first-order valence-corrected chi connectivity index (χ1v) is 30.4. The molecule has 5 saturated heterocycles. The number of aliphatic imine (C=N–C) groups is 4. The van der Waals surface area contributed by atoms with Gasteiger partial charge in [-0.1, -0.05) is 139 Å². The average Bonchev–Trinajstić information content (AvgIpc) is 3.50. The van der Waals surface area contributed by atoms with Gasteiger partial charge in [0.15, 0.2) is 0 Å². The Hall–Kier alpha value is -2.30. The predicted molar refractivity (Wildman–Crippen MR) is 314 cm³/mol. The first-order valence-electron chi connectivity index (χ1n) is 30.4. The molecule has 1 aromatic rings. The quantitative estimate of drug-likeness (QED) is 0.119. The minimum Gasteiger partial charge on any atom is -0.679 e. The predicted octanol–water partition coefficient (Wildman–Crippen LogP) is 14.1. The molecule has 0 spiro atoms. The summed E-state index contributed by atoms with van der Waals surface area (Å²) in [7, 11) is 7.16. The number of piperidine rings is 5. The van der Waals surface area contributed by atoms with Gasteiger partial charge in [-0.3, -0.25) is 20.0 Å². The van der Waals surface area contributed by atoms with Gasteiger partial charge in [0.25, 0.3) is 0 Å². The van der Waals surface area contributed by atoms with Crippen LogP contribution < -0.4 is 4.74 Å². The third-order valence-corrected chi connectivity index (χ3v) is 18.2. The monoisotopic (exact) mass is 1170 g/mol. The second-order valence-electron chi connectivity index (χ2n) is 23.5. The van der Waals surface area contributed by atoms with Gasteiger partial charge in [-0.2, -0.15) is 41.9 Å². The number of methoxy groups -OCH3 is 4. The molecule has 0 amide bonds. The standard InChI is InChI=1S/C31H52N5O2.C31H42N5O2.2Cu/c2*1-37-26-16-12-22(13-17-26)32-20-24-6-3-8-28(34-24)30-10-5-11-31(36-30)29-9-4-7-25(35-29)21-33-23-14-18-27(38-2)19-15-23;;/h20-31H,3-19H2,1-2H3;3,6,8,12-13,16-17,20-21,23-25,27,29-31H,4-5,7,9-11,14-15,18-19H2,1-2H3;;/q2*-3;2*+1. The normalized spacial score (nSPS) is 37.9. The van der Waals surface area contributed by atoms with E-state index in [0.29, 0.717) is 66.6 Å². The van der Waals surface area contributed by atoms with E-state index in [-0.39, 0.29) is 70.4 Å². The molecule has 14 nitrogen and oxygen atoms in total. The molecule has 0 bridgehead atoms. The molecular formula is C62H94Cu2N10O4-4. The molecule has 9 aliphatic rings. The van der Waals surface area contributed by atoms with Crippen LogP contribution in [-0.4, -0.2) is 156 Å². The molecule has 11 unspecified atom stereocenters.